The summed E-state index contributed by atoms with van der Waals surface area (Å²) >= 11 is 0. The van der Waals surface area contributed by atoms with Gasteiger partial charge >= 0.3 is 0 Å². The Kier molecular flexibility index (Phi) is 3.00. The number of hydrogen-bond donors (Lipinski definition) is 1. The van der Waals surface area contributed by atoms with E-state index in [0.717, 1.165) is 18.5 Å². The van der Waals surface area contributed by atoms with E-state index < -0.39 is 6.10 Å². The van der Waals surface area contributed by atoms with Crippen LogP contribution in [0.1, 0.15) is 30.7 Å². The average molecular weight is 221 g/mol. The first kappa shape index (κ1) is 10.8. The Morgan fingerprint density at radius 3 is 2.88 bits per heavy atom. The van der Waals surface area contributed by atoms with Gasteiger partial charge in [0.2, 0.25) is 0 Å². The third-order valence-corrected chi connectivity index (χ3v) is 2.45. The zero-order valence-corrected chi connectivity index (χ0v) is 9.41. The summed E-state index contributed by atoms with van der Waals surface area (Å²) in [5, 5.41) is 21.8. The van der Waals surface area contributed by atoms with E-state index in [1.54, 1.807) is 24.1 Å². The molecule has 16 heavy (non-hydrogen) atoms. The SMILES string of the molecule is CCCn1cc(C(O)c2cnnn2C)cn1. The van der Waals surface area contributed by atoms with Crippen LogP contribution in [0.2, 0.25) is 0 Å². The molecule has 1 atom stereocenters. The molecular weight excluding hydrogens is 206 g/mol. The highest BCUT2D eigenvalue weighted by atomic mass is 16.3. The molecule has 0 saturated heterocycles. The Hall–Kier alpha value is -1.69. The molecule has 0 aliphatic heterocycles. The van der Waals surface area contributed by atoms with Gasteiger partial charge in [0.15, 0.2) is 0 Å². The van der Waals surface area contributed by atoms with Gasteiger partial charge in [0.1, 0.15) is 6.10 Å². The number of hydrogen-bond acceptors (Lipinski definition) is 4. The quantitative estimate of drug-likeness (QED) is 0.816. The summed E-state index contributed by atoms with van der Waals surface area (Å²) in [6.07, 6.45) is 5.38. The molecule has 0 amide bonds. The van der Waals surface area contributed by atoms with E-state index in [2.05, 4.69) is 22.3 Å². The number of nitrogens with zero attached hydrogens (tertiary/aromatic N) is 5. The Balaban J connectivity index is 2.20. The molecule has 86 valence electrons. The van der Waals surface area contributed by atoms with Crippen molar-refractivity contribution in [3.63, 3.8) is 0 Å². The Morgan fingerprint density at radius 1 is 1.44 bits per heavy atom. The molecule has 2 aromatic rings. The van der Waals surface area contributed by atoms with Crippen LogP contribution in [0.15, 0.2) is 18.6 Å². The Morgan fingerprint density at radius 2 is 2.25 bits per heavy atom. The van der Waals surface area contributed by atoms with Gasteiger partial charge in [-0.3, -0.25) is 4.68 Å². The molecule has 1 unspecified atom stereocenters. The molecule has 0 aliphatic carbocycles. The fraction of sp³-hybridized carbons (Fsp3) is 0.500. The minimum atomic E-state index is -0.717. The van der Waals surface area contributed by atoms with Gasteiger partial charge in [-0.1, -0.05) is 12.1 Å². The second-order valence-corrected chi connectivity index (χ2v) is 3.72. The van der Waals surface area contributed by atoms with Crippen molar-refractivity contribution in [2.45, 2.75) is 26.0 Å². The summed E-state index contributed by atoms with van der Waals surface area (Å²) in [6.45, 7) is 2.94. The highest BCUT2D eigenvalue weighted by Crippen LogP contribution is 2.19. The lowest BCUT2D eigenvalue weighted by Gasteiger charge is -2.06. The fourth-order valence-electron chi connectivity index (χ4n) is 1.59. The first-order valence-corrected chi connectivity index (χ1v) is 5.27. The highest BCUT2D eigenvalue weighted by Gasteiger charge is 2.16. The van der Waals surface area contributed by atoms with E-state index >= 15 is 0 Å². The van der Waals surface area contributed by atoms with Crippen LogP contribution >= 0.6 is 0 Å². The molecule has 0 fully saturated rings. The van der Waals surface area contributed by atoms with Gasteiger partial charge in [0, 0.05) is 25.4 Å². The molecular formula is C10H15N5O. The molecule has 0 radical (unpaired) electrons. The minimum absolute atomic E-state index is 0.663. The summed E-state index contributed by atoms with van der Waals surface area (Å²) in [4.78, 5) is 0. The zero-order chi connectivity index (χ0) is 11.5. The normalized spacial score (nSPS) is 12.9. The maximum absolute atomic E-state index is 10.1. The van der Waals surface area contributed by atoms with Crippen molar-refractivity contribution >= 4 is 0 Å². The van der Waals surface area contributed by atoms with Crippen LogP contribution in [-0.2, 0) is 13.6 Å². The third-order valence-electron chi connectivity index (χ3n) is 2.45. The van der Waals surface area contributed by atoms with Crippen LogP contribution < -0.4 is 0 Å². The number of aryl methyl sites for hydroxylation is 2. The molecule has 0 aromatic carbocycles. The van der Waals surface area contributed by atoms with E-state index in [4.69, 9.17) is 0 Å². The van der Waals surface area contributed by atoms with Crippen LogP contribution in [-0.4, -0.2) is 29.9 Å². The van der Waals surface area contributed by atoms with Crippen molar-refractivity contribution in [3.8, 4) is 0 Å². The molecule has 2 aromatic heterocycles. The molecule has 0 spiro atoms. The minimum Gasteiger partial charge on any atom is -0.382 e. The van der Waals surface area contributed by atoms with Crippen LogP contribution in [0.5, 0.6) is 0 Å². The molecule has 6 heteroatoms. The molecule has 6 nitrogen and oxygen atoms in total. The maximum Gasteiger partial charge on any atom is 0.125 e. The monoisotopic (exact) mass is 221 g/mol. The van der Waals surface area contributed by atoms with Crippen molar-refractivity contribution in [2.24, 2.45) is 7.05 Å². The smallest absolute Gasteiger partial charge is 0.125 e. The fourth-order valence-corrected chi connectivity index (χ4v) is 1.59. The standard InChI is InChI=1S/C10H15N5O/c1-3-4-15-7-8(5-12-15)10(16)9-6-11-13-14(9)2/h5-7,10,16H,3-4H2,1-2H3. The van der Waals surface area contributed by atoms with Crippen molar-refractivity contribution in [1.82, 2.24) is 24.8 Å². The Bertz CT molecular complexity index is 461. The lowest BCUT2D eigenvalue weighted by Crippen LogP contribution is -2.06. The van der Waals surface area contributed by atoms with E-state index in [1.165, 1.54) is 0 Å². The Labute approximate surface area is 93.5 Å². The van der Waals surface area contributed by atoms with Crippen molar-refractivity contribution < 1.29 is 5.11 Å². The van der Waals surface area contributed by atoms with Gasteiger partial charge < -0.3 is 5.11 Å². The lowest BCUT2D eigenvalue weighted by atomic mass is 10.1. The van der Waals surface area contributed by atoms with Crippen LogP contribution in [0, 0.1) is 0 Å². The third kappa shape index (κ3) is 1.96. The number of rotatable bonds is 4. The van der Waals surface area contributed by atoms with Gasteiger partial charge in [-0.25, -0.2) is 4.68 Å². The highest BCUT2D eigenvalue weighted by molar-refractivity contribution is 5.18. The largest absolute Gasteiger partial charge is 0.382 e. The summed E-state index contributed by atoms with van der Waals surface area (Å²) in [5.74, 6) is 0. The molecule has 0 saturated carbocycles. The lowest BCUT2D eigenvalue weighted by molar-refractivity contribution is 0.209. The van der Waals surface area contributed by atoms with Gasteiger partial charge in [0.05, 0.1) is 18.1 Å². The van der Waals surface area contributed by atoms with E-state index in [9.17, 15) is 5.11 Å². The summed E-state index contributed by atoms with van der Waals surface area (Å²) in [5.41, 5.74) is 1.43. The molecule has 0 bridgehead atoms. The second-order valence-electron chi connectivity index (χ2n) is 3.72. The van der Waals surface area contributed by atoms with E-state index in [1.807, 2.05) is 10.9 Å². The maximum atomic E-state index is 10.1. The van der Waals surface area contributed by atoms with Gasteiger partial charge in [-0.05, 0) is 6.42 Å². The first-order valence-electron chi connectivity index (χ1n) is 5.27. The van der Waals surface area contributed by atoms with Gasteiger partial charge in [-0.2, -0.15) is 5.10 Å². The van der Waals surface area contributed by atoms with Crippen molar-refractivity contribution in [2.75, 3.05) is 0 Å². The van der Waals surface area contributed by atoms with Gasteiger partial charge in [0.25, 0.3) is 0 Å². The number of aliphatic hydroxyl groups excluding tert-OH is 1. The summed E-state index contributed by atoms with van der Waals surface area (Å²) < 4.78 is 3.38. The van der Waals surface area contributed by atoms with Crippen LogP contribution in [0.4, 0.5) is 0 Å². The summed E-state index contributed by atoms with van der Waals surface area (Å²) in [7, 11) is 1.75. The average Bonchev–Trinajstić information content (AvgIpc) is 2.87. The molecule has 1 N–H and O–H groups in total. The number of aliphatic hydroxyl groups is 1. The molecule has 2 rings (SSSR count). The molecule has 2 heterocycles. The number of aromatic nitrogens is 5. The van der Waals surface area contributed by atoms with Crippen LogP contribution in [0.25, 0.3) is 0 Å². The van der Waals surface area contributed by atoms with Gasteiger partial charge in [-0.15, -0.1) is 5.10 Å². The van der Waals surface area contributed by atoms with Crippen LogP contribution in [0.3, 0.4) is 0 Å². The first-order chi connectivity index (χ1) is 7.72. The van der Waals surface area contributed by atoms with E-state index in [-0.39, 0.29) is 0 Å². The van der Waals surface area contributed by atoms with Crippen molar-refractivity contribution in [3.05, 3.63) is 29.8 Å². The topological polar surface area (TPSA) is 68.8 Å². The zero-order valence-electron chi connectivity index (χ0n) is 9.41. The van der Waals surface area contributed by atoms with Crippen molar-refractivity contribution in [1.29, 1.82) is 0 Å². The van der Waals surface area contributed by atoms with E-state index in [0.29, 0.717) is 5.69 Å². The second kappa shape index (κ2) is 4.44. The predicted octanol–water partition coefficient (Wildman–Crippen LogP) is 0.503. The molecule has 0 aliphatic rings. The summed E-state index contributed by atoms with van der Waals surface area (Å²) in [6, 6.07) is 0. The predicted molar refractivity (Wildman–Crippen MR) is 57.6 cm³/mol.